The highest BCUT2D eigenvalue weighted by Crippen LogP contribution is 2.17. The van der Waals surface area contributed by atoms with Crippen molar-refractivity contribution in [3.8, 4) is 0 Å². The zero-order valence-electron chi connectivity index (χ0n) is 9.40. The first-order chi connectivity index (χ1) is 7.77. The van der Waals surface area contributed by atoms with E-state index in [9.17, 15) is 4.79 Å². The Morgan fingerprint density at radius 2 is 2.25 bits per heavy atom. The predicted molar refractivity (Wildman–Crippen MR) is 67.5 cm³/mol. The van der Waals surface area contributed by atoms with Crippen molar-refractivity contribution in [3.63, 3.8) is 0 Å². The number of piperazine rings is 1. The molecule has 1 fully saturated rings. The minimum Gasteiger partial charge on any atom is -0.337 e. The van der Waals surface area contributed by atoms with Gasteiger partial charge in [-0.25, -0.2) is 0 Å². The number of hydrogen-bond donors (Lipinski definition) is 1. The zero-order valence-corrected chi connectivity index (χ0v) is 10.2. The van der Waals surface area contributed by atoms with Crippen molar-refractivity contribution in [1.82, 2.24) is 10.2 Å². The topological polar surface area (TPSA) is 32.3 Å². The van der Waals surface area contributed by atoms with Crippen LogP contribution in [0, 0.1) is 6.92 Å². The summed E-state index contributed by atoms with van der Waals surface area (Å²) in [6, 6.07) is 2.07. The van der Waals surface area contributed by atoms with E-state index >= 15 is 0 Å². The summed E-state index contributed by atoms with van der Waals surface area (Å²) in [5.41, 5.74) is 1.23. The summed E-state index contributed by atoms with van der Waals surface area (Å²) in [6.07, 6.45) is 3.61. The van der Waals surface area contributed by atoms with E-state index in [1.807, 2.05) is 16.4 Å². The summed E-state index contributed by atoms with van der Waals surface area (Å²) in [6.45, 7) is 5.49. The molecule has 0 spiro atoms. The molecule has 0 aromatic carbocycles. The van der Waals surface area contributed by atoms with Crippen LogP contribution in [0.1, 0.15) is 10.4 Å². The molecular formula is C12H16N2OS. The maximum atomic E-state index is 11.8. The van der Waals surface area contributed by atoms with Crippen molar-refractivity contribution in [2.75, 3.05) is 26.2 Å². The average molecular weight is 236 g/mol. The minimum atomic E-state index is 0.120. The lowest BCUT2D eigenvalue weighted by atomic mass is 10.2. The fraction of sp³-hybridized carbons (Fsp3) is 0.417. The Labute approximate surface area is 99.8 Å². The smallest absolute Gasteiger partial charge is 0.246 e. The summed E-state index contributed by atoms with van der Waals surface area (Å²) in [7, 11) is 0. The van der Waals surface area contributed by atoms with E-state index in [1.54, 1.807) is 17.4 Å². The van der Waals surface area contributed by atoms with E-state index in [4.69, 9.17) is 0 Å². The third kappa shape index (κ3) is 2.71. The summed E-state index contributed by atoms with van der Waals surface area (Å²) >= 11 is 1.67. The van der Waals surface area contributed by atoms with Gasteiger partial charge in [0.1, 0.15) is 0 Å². The third-order valence-electron chi connectivity index (χ3n) is 2.71. The molecule has 1 aromatic heterocycles. The Morgan fingerprint density at radius 3 is 2.88 bits per heavy atom. The Morgan fingerprint density at radius 1 is 1.50 bits per heavy atom. The number of thiophene rings is 1. The van der Waals surface area contributed by atoms with Gasteiger partial charge in [0, 0.05) is 37.1 Å². The number of hydrogen-bond acceptors (Lipinski definition) is 3. The lowest BCUT2D eigenvalue weighted by Gasteiger charge is -2.26. The van der Waals surface area contributed by atoms with Crippen LogP contribution in [0.25, 0.3) is 6.08 Å². The van der Waals surface area contributed by atoms with Crippen molar-refractivity contribution in [3.05, 3.63) is 28.0 Å². The third-order valence-corrected chi connectivity index (χ3v) is 3.69. The van der Waals surface area contributed by atoms with Crippen LogP contribution in [0.4, 0.5) is 0 Å². The van der Waals surface area contributed by atoms with Gasteiger partial charge in [-0.15, -0.1) is 11.3 Å². The van der Waals surface area contributed by atoms with Gasteiger partial charge in [0.2, 0.25) is 5.91 Å². The van der Waals surface area contributed by atoms with Crippen molar-refractivity contribution in [2.24, 2.45) is 0 Å². The van der Waals surface area contributed by atoms with E-state index in [0.29, 0.717) is 0 Å². The van der Waals surface area contributed by atoms with Crippen molar-refractivity contribution < 1.29 is 4.79 Å². The summed E-state index contributed by atoms with van der Waals surface area (Å²) in [4.78, 5) is 14.9. The number of carbonyl (C=O) groups is 1. The second-order valence-corrected chi connectivity index (χ2v) is 4.82. The minimum absolute atomic E-state index is 0.120. The summed E-state index contributed by atoms with van der Waals surface area (Å²) in [5, 5.41) is 5.28. The maximum absolute atomic E-state index is 11.8. The lowest BCUT2D eigenvalue weighted by molar-refractivity contribution is -0.126. The second-order valence-electron chi connectivity index (χ2n) is 3.88. The number of carbonyl (C=O) groups excluding carboxylic acids is 1. The molecule has 1 saturated heterocycles. The number of nitrogens with zero attached hydrogens (tertiary/aromatic N) is 1. The monoisotopic (exact) mass is 236 g/mol. The number of amides is 1. The number of nitrogens with one attached hydrogen (secondary N) is 1. The van der Waals surface area contributed by atoms with Crippen LogP contribution in [0.2, 0.25) is 0 Å². The van der Waals surface area contributed by atoms with Crippen molar-refractivity contribution in [2.45, 2.75) is 6.92 Å². The number of rotatable bonds is 2. The van der Waals surface area contributed by atoms with Gasteiger partial charge < -0.3 is 10.2 Å². The first kappa shape index (κ1) is 11.4. The quantitative estimate of drug-likeness (QED) is 0.789. The van der Waals surface area contributed by atoms with Gasteiger partial charge in [-0.3, -0.25) is 4.79 Å². The molecule has 0 bridgehead atoms. The van der Waals surface area contributed by atoms with Crippen LogP contribution in [0.15, 0.2) is 17.5 Å². The van der Waals surface area contributed by atoms with Crippen LogP contribution in [0.3, 0.4) is 0 Å². The molecule has 0 unspecified atom stereocenters. The maximum Gasteiger partial charge on any atom is 0.246 e. The van der Waals surface area contributed by atoms with Crippen LogP contribution in [-0.2, 0) is 4.79 Å². The molecule has 86 valence electrons. The Kier molecular flexibility index (Phi) is 3.74. The van der Waals surface area contributed by atoms with Crippen molar-refractivity contribution in [1.29, 1.82) is 0 Å². The molecule has 16 heavy (non-hydrogen) atoms. The SMILES string of the molecule is Cc1ccsc1/C=C/C(=O)N1CCNCC1. The summed E-state index contributed by atoms with van der Waals surface area (Å²) in [5.74, 6) is 0.120. The molecule has 2 heterocycles. The largest absolute Gasteiger partial charge is 0.337 e. The normalized spacial score (nSPS) is 16.9. The highest BCUT2D eigenvalue weighted by molar-refractivity contribution is 7.11. The molecule has 1 amide bonds. The van der Waals surface area contributed by atoms with Crippen molar-refractivity contribution >= 4 is 23.3 Å². The lowest BCUT2D eigenvalue weighted by Crippen LogP contribution is -2.45. The van der Waals surface area contributed by atoms with E-state index in [1.165, 1.54) is 10.4 Å². The van der Waals surface area contributed by atoms with E-state index in [0.717, 1.165) is 26.2 Å². The van der Waals surface area contributed by atoms with Crippen LogP contribution in [0.5, 0.6) is 0 Å². The van der Waals surface area contributed by atoms with E-state index in [2.05, 4.69) is 18.3 Å². The molecule has 1 N–H and O–H groups in total. The second kappa shape index (κ2) is 5.27. The van der Waals surface area contributed by atoms with E-state index in [-0.39, 0.29) is 5.91 Å². The highest BCUT2D eigenvalue weighted by Gasteiger charge is 2.13. The standard InChI is InChI=1S/C12H16N2OS/c1-10-4-9-16-11(10)2-3-12(15)14-7-5-13-6-8-14/h2-4,9,13H,5-8H2,1H3/b3-2+. The number of aryl methyl sites for hydroxylation is 1. The molecule has 0 atom stereocenters. The molecule has 4 heteroatoms. The highest BCUT2D eigenvalue weighted by atomic mass is 32.1. The van der Waals surface area contributed by atoms with Gasteiger partial charge in [0.15, 0.2) is 0 Å². The van der Waals surface area contributed by atoms with Crippen LogP contribution < -0.4 is 5.32 Å². The molecule has 0 aliphatic carbocycles. The van der Waals surface area contributed by atoms with Gasteiger partial charge in [-0.05, 0) is 30.0 Å². The molecule has 1 aliphatic heterocycles. The van der Waals surface area contributed by atoms with Crippen LogP contribution >= 0.6 is 11.3 Å². The van der Waals surface area contributed by atoms with Gasteiger partial charge in [-0.2, -0.15) is 0 Å². The predicted octanol–water partition coefficient (Wildman–Crippen LogP) is 1.50. The Hall–Kier alpha value is -1.13. The molecule has 0 saturated carbocycles. The Balaban J connectivity index is 1.96. The molecule has 3 nitrogen and oxygen atoms in total. The van der Waals surface area contributed by atoms with Gasteiger partial charge in [0.05, 0.1) is 0 Å². The molecular weight excluding hydrogens is 220 g/mol. The van der Waals surface area contributed by atoms with Gasteiger partial charge in [0.25, 0.3) is 0 Å². The van der Waals surface area contributed by atoms with Crippen LogP contribution in [-0.4, -0.2) is 37.0 Å². The fourth-order valence-electron chi connectivity index (χ4n) is 1.69. The van der Waals surface area contributed by atoms with Gasteiger partial charge >= 0.3 is 0 Å². The Bertz CT molecular complexity index is 391. The molecule has 1 aliphatic rings. The van der Waals surface area contributed by atoms with Gasteiger partial charge in [-0.1, -0.05) is 0 Å². The molecule has 0 radical (unpaired) electrons. The average Bonchev–Trinajstić information content (AvgIpc) is 2.73. The first-order valence-corrected chi connectivity index (χ1v) is 6.37. The summed E-state index contributed by atoms with van der Waals surface area (Å²) < 4.78 is 0. The molecule has 2 rings (SSSR count). The first-order valence-electron chi connectivity index (χ1n) is 5.49. The zero-order chi connectivity index (χ0) is 11.4. The molecule has 1 aromatic rings. The fourth-order valence-corrected chi connectivity index (χ4v) is 2.51. The van der Waals surface area contributed by atoms with E-state index < -0.39 is 0 Å².